The van der Waals surface area contributed by atoms with Crippen molar-refractivity contribution in [1.29, 1.82) is 0 Å². The van der Waals surface area contributed by atoms with Crippen molar-refractivity contribution >= 4 is 34.8 Å². The normalized spacial score (nSPS) is 10.6. The summed E-state index contributed by atoms with van der Waals surface area (Å²) in [6, 6.07) is 21.1. The molecule has 150 valence electrons. The van der Waals surface area contributed by atoms with E-state index in [1.54, 1.807) is 18.3 Å². The Balaban J connectivity index is 1.59. The summed E-state index contributed by atoms with van der Waals surface area (Å²) in [7, 11) is 0. The summed E-state index contributed by atoms with van der Waals surface area (Å²) in [5.41, 5.74) is 2.68. The summed E-state index contributed by atoms with van der Waals surface area (Å²) in [6.07, 6.45) is 3.58. The highest BCUT2D eigenvalue weighted by molar-refractivity contribution is 6.36. The van der Waals surface area contributed by atoms with Crippen molar-refractivity contribution in [3.05, 3.63) is 89.2 Å². The number of benzene rings is 2. The SMILES string of the molecule is Clc1ccc(-c2ncc(-c3ccccc3)c(NCCNc3ccccn3)n2)c(Cl)c1. The summed E-state index contributed by atoms with van der Waals surface area (Å²) in [5.74, 6) is 2.11. The van der Waals surface area contributed by atoms with Gasteiger partial charge in [0.25, 0.3) is 0 Å². The molecule has 7 heteroatoms. The van der Waals surface area contributed by atoms with Crippen LogP contribution in [-0.4, -0.2) is 28.0 Å². The van der Waals surface area contributed by atoms with Crippen LogP contribution in [0.25, 0.3) is 22.5 Å². The number of rotatable bonds is 7. The van der Waals surface area contributed by atoms with Crippen LogP contribution in [0.2, 0.25) is 10.0 Å². The van der Waals surface area contributed by atoms with Crippen molar-refractivity contribution in [2.24, 2.45) is 0 Å². The molecule has 0 atom stereocenters. The molecule has 0 aliphatic rings. The van der Waals surface area contributed by atoms with Crippen LogP contribution < -0.4 is 10.6 Å². The molecule has 5 nitrogen and oxygen atoms in total. The van der Waals surface area contributed by atoms with Crippen LogP contribution >= 0.6 is 23.2 Å². The Morgan fingerprint density at radius 2 is 1.57 bits per heavy atom. The Hall–Kier alpha value is -3.15. The number of aromatic nitrogens is 3. The minimum Gasteiger partial charge on any atom is -0.368 e. The van der Waals surface area contributed by atoms with Gasteiger partial charge in [-0.1, -0.05) is 59.6 Å². The first-order chi connectivity index (χ1) is 14.7. The first kappa shape index (κ1) is 20.1. The molecule has 0 radical (unpaired) electrons. The number of hydrogen-bond donors (Lipinski definition) is 2. The highest BCUT2D eigenvalue weighted by Gasteiger charge is 2.13. The third kappa shape index (κ3) is 4.87. The molecule has 2 aromatic heterocycles. The van der Waals surface area contributed by atoms with Gasteiger partial charge in [-0.05, 0) is 35.9 Å². The number of hydrogen-bond acceptors (Lipinski definition) is 5. The van der Waals surface area contributed by atoms with E-state index in [-0.39, 0.29) is 0 Å². The largest absolute Gasteiger partial charge is 0.368 e. The van der Waals surface area contributed by atoms with Crippen LogP contribution in [0, 0.1) is 0 Å². The zero-order valence-corrected chi connectivity index (χ0v) is 17.5. The smallest absolute Gasteiger partial charge is 0.163 e. The van der Waals surface area contributed by atoms with Gasteiger partial charge in [0.15, 0.2) is 5.82 Å². The molecule has 30 heavy (non-hydrogen) atoms. The molecule has 2 heterocycles. The fourth-order valence-corrected chi connectivity index (χ4v) is 3.48. The van der Waals surface area contributed by atoms with Gasteiger partial charge < -0.3 is 10.6 Å². The Morgan fingerprint density at radius 3 is 2.33 bits per heavy atom. The van der Waals surface area contributed by atoms with Crippen LogP contribution in [-0.2, 0) is 0 Å². The zero-order valence-electron chi connectivity index (χ0n) is 16.0. The van der Waals surface area contributed by atoms with Crippen LogP contribution in [0.1, 0.15) is 0 Å². The van der Waals surface area contributed by atoms with Gasteiger partial charge in [-0.15, -0.1) is 0 Å². The topological polar surface area (TPSA) is 62.7 Å². The van der Waals surface area contributed by atoms with E-state index in [1.807, 2.05) is 60.8 Å². The predicted octanol–water partition coefficient (Wildman–Crippen LogP) is 6.04. The molecule has 0 aliphatic carbocycles. The Morgan fingerprint density at radius 1 is 0.767 bits per heavy atom. The summed E-state index contributed by atoms with van der Waals surface area (Å²) in [5, 5.41) is 7.78. The maximum atomic E-state index is 6.37. The maximum absolute atomic E-state index is 6.37. The van der Waals surface area contributed by atoms with E-state index in [0.29, 0.717) is 29.0 Å². The summed E-state index contributed by atoms with van der Waals surface area (Å²) in [4.78, 5) is 13.6. The molecule has 2 aromatic carbocycles. The van der Waals surface area contributed by atoms with Crippen molar-refractivity contribution in [2.75, 3.05) is 23.7 Å². The fourth-order valence-electron chi connectivity index (χ4n) is 2.98. The molecule has 2 N–H and O–H groups in total. The van der Waals surface area contributed by atoms with Gasteiger partial charge in [0.2, 0.25) is 0 Å². The van der Waals surface area contributed by atoms with E-state index >= 15 is 0 Å². The Labute approximate surface area is 185 Å². The lowest BCUT2D eigenvalue weighted by Crippen LogP contribution is -2.15. The molecule has 0 saturated heterocycles. The molecule has 0 aliphatic heterocycles. The lowest BCUT2D eigenvalue weighted by Gasteiger charge is -2.14. The average Bonchev–Trinajstić information content (AvgIpc) is 2.78. The molecular weight excluding hydrogens is 417 g/mol. The van der Waals surface area contributed by atoms with Crippen molar-refractivity contribution in [3.63, 3.8) is 0 Å². The number of halogens is 2. The minimum absolute atomic E-state index is 0.512. The van der Waals surface area contributed by atoms with Crippen LogP contribution in [0.5, 0.6) is 0 Å². The highest BCUT2D eigenvalue weighted by atomic mass is 35.5. The van der Waals surface area contributed by atoms with Crippen molar-refractivity contribution in [2.45, 2.75) is 0 Å². The third-order valence-corrected chi connectivity index (χ3v) is 4.98. The second-order valence-electron chi connectivity index (χ2n) is 6.51. The lowest BCUT2D eigenvalue weighted by molar-refractivity contribution is 1.04. The van der Waals surface area contributed by atoms with Gasteiger partial charge >= 0.3 is 0 Å². The third-order valence-electron chi connectivity index (χ3n) is 4.43. The number of anilines is 2. The summed E-state index contributed by atoms with van der Waals surface area (Å²) >= 11 is 12.4. The monoisotopic (exact) mass is 435 g/mol. The molecule has 4 aromatic rings. The molecule has 0 bridgehead atoms. The molecule has 0 spiro atoms. The van der Waals surface area contributed by atoms with E-state index in [4.69, 9.17) is 28.2 Å². The molecular formula is C23H19Cl2N5. The van der Waals surface area contributed by atoms with Gasteiger partial charge in [0, 0.05) is 41.6 Å². The Kier molecular flexibility index (Phi) is 6.42. The quantitative estimate of drug-likeness (QED) is 0.346. The number of nitrogens with zero attached hydrogens (tertiary/aromatic N) is 3. The number of pyridine rings is 1. The van der Waals surface area contributed by atoms with E-state index in [1.165, 1.54) is 0 Å². The van der Waals surface area contributed by atoms with Gasteiger partial charge in [-0.2, -0.15) is 0 Å². The van der Waals surface area contributed by atoms with E-state index in [0.717, 1.165) is 28.3 Å². The van der Waals surface area contributed by atoms with Gasteiger partial charge in [-0.25, -0.2) is 15.0 Å². The minimum atomic E-state index is 0.512. The second kappa shape index (κ2) is 9.57. The second-order valence-corrected chi connectivity index (χ2v) is 7.36. The first-order valence-electron chi connectivity index (χ1n) is 9.47. The van der Waals surface area contributed by atoms with Crippen molar-refractivity contribution in [3.8, 4) is 22.5 Å². The molecule has 0 fully saturated rings. The fraction of sp³-hybridized carbons (Fsp3) is 0.0870. The summed E-state index contributed by atoms with van der Waals surface area (Å²) < 4.78 is 0. The summed E-state index contributed by atoms with van der Waals surface area (Å²) in [6.45, 7) is 1.34. The van der Waals surface area contributed by atoms with Crippen molar-refractivity contribution in [1.82, 2.24) is 15.0 Å². The first-order valence-corrected chi connectivity index (χ1v) is 10.2. The maximum Gasteiger partial charge on any atom is 0.163 e. The van der Waals surface area contributed by atoms with Gasteiger partial charge in [0.1, 0.15) is 11.6 Å². The standard InChI is InChI=1S/C23H19Cl2N5/c24-17-9-10-18(20(25)14-17)22-29-15-19(16-6-2-1-3-7-16)23(30-22)28-13-12-27-21-8-4-5-11-26-21/h1-11,14-15H,12-13H2,(H,26,27)(H,28,29,30). The van der Waals surface area contributed by atoms with Gasteiger partial charge in [0.05, 0.1) is 5.02 Å². The molecule has 0 unspecified atom stereocenters. The molecule has 4 rings (SSSR count). The van der Waals surface area contributed by atoms with Crippen molar-refractivity contribution < 1.29 is 0 Å². The lowest BCUT2D eigenvalue weighted by atomic mass is 10.1. The Bertz CT molecular complexity index is 1120. The van der Waals surface area contributed by atoms with E-state index in [9.17, 15) is 0 Å². The van der Waals surface area contributed by atoms with Crippen LogP contribution in [0.3, 0.4) is 0 Å². The molecule has 0 saturated carbocycles. The number of nitrogens with one attached hydrogen (secondary N) is 2. The van der Waals surface area contributed by atoms with Crippen LogP contribution in [0.15, 0.2) is 79.1 Å². The molecule has 0 amide bonds. The predicted molar refractivity (Wildman–Crippen MR) is 124 cm³/mol. The zero-order chi connectivity index (χ0) is 20.8. The van der Waals surface area contributed by atoms with Gasteiger partial charge in [-0.3, -0.25) is 0 Å². The average molecular weight is 436 g/mol. The van der Waals surface area contributed by atoms with E-state index in [2.05, 4.69) is 20.6 Å². The van der Waals surface area contributed by atoms with Crippen LogP contribution in [0.4, 0.5) is 11.6 Å². The highest BCUT2D eigenvalue weighted by Crippen LogP contribution is 2.32. The van der Waals surface area contributed by atoms with E-state index < -0.39 is 0 Å².